The number of ether oxygens (including phenoxy) is 1. The number of ketones is 1. The van der Waals surface area contributed by atoms with Crippen LogP contribution in [0.2, 0.25) is 0 Å². The topological polar surface area (TPSA) is 92.7 Å². The Morgan fingerprint density at radius 3 is 2.44 bits per heavy atom. The predicted molar refractivity (Wildman–Crippen MR) is 86.9 cm³/mol. The number of benzene rings is 1. The highest BCUT2D eigenvalue weighted by Gasteiger charge is 2.72. The predicted octanol–water partition coefficient (Wildman–Crippen LogP) is 2.79. The quantitative estimate of drug-likeness (QED) is 0.835. The molecule has 3 rings (SSSR count). The summed E-state index contributed by atoms with van der Waals surface area (Å²) in [6.45, 7) is 4.10. The van der Waals surface area contributed by atoms with E-state index in [0.29, 0.717) is 0 Å². The van der Waals surface area contributed by atoms with Crippen molar-refractivity contribution in [1.29, 1.82) is 0 Å². The summed E-state index contributed by atoms with van der Waals surface area (Å²) in [6.07, 6.45) is -4.72. The number of fused-ring (bicyclic) bond motifs is 2. The van der Waals surface area contributed by atoms with E-state index in [-0.39, 0.29) is 17.7 Å². The second-order valence-electron chi connectivity index (χ2n) is 7.43. The molecule has 1 amide bonds. The molecule has 2 bridgehead atoms. The number of aryl methyl sites for hydroxylation is 1. The Bertz CT molecular complexity index is 852. The van der Waals surface area contributed by atoms with Crippen molar-refractivity contribution in [3.05, 3.63) is 29.3 Å². The third-order valence-electron chi connectivity index (χ3n) is 5.45. The van der Waals surface area contributed by atoms with Gasteiger partial charge in [0.05, 0.1) is 17.1 Å². The van der Waals surface area contributed by atoms with Gasteiger partial charge in [-0.2, -0.15) is 13.2 Å². The number of amides is 1. The number of rotatable bonds is 3. The van der Waals surface area contributed by atoms with Gasteiger partial charge in [0.2, 0.25) is 5.91 Å². The van der Waals surface area contributed by atoms with Crippen molar-refractivity contribution in [1.82, 2.24) is 0 Å². The molecule has 0 aliphatic carbocycles. The fraction of sp³-hybridized carbons (Fsp3) is 0.500. The van der Waals surface area contributed by atoms with Crippen molar-refractivity contribution in [3.8, 4) is 0 Å². The molecular weight excluding hydrogens is 367 g/mol. The Hall–Kier alpha value is -2.42. The third-order valence-corrected chi connectivity index (χ3v) is 5.45. The molecule has 2 N–H and O–H groups in total. The number of aliphatic carboxylic acids is 1. The van der Waals surface area contributed by atoms with Gasteiger partial charge in [-0.3, -0.25) is 14.4 Å². The Labute approximate surface area is 152 Å². The molecule has 0 spiro atoms. The number of anilines is 1. The Balaban J connectivity index is 1.93. The van der Waals surface area contributed by atoms with Crippen LogP contribution < -0.4 is 5.32 Å². The lowest BCUT2D eigenvalue weighted by Crippen LogP contribution is -2.52. The largest absolute Gasteiger partial charge is 0.481 e. The Morgan fingerprint density at radius 2 is 1.89 bits per heavy atom. The summed E-state index contributed by atoms with van der Waals surface area (Å²) < 4.78 is 44.8. The first kappa shape index (κ1) is 19.3. The zero-order valence-corrected chi connectivity index (χ0v) is 14.8. The van der Waals surface area contributed by atoms with Crippen LogP contribution >= 0.6 is 0 Å². The summed E-state index contributed by atoms with van der Waals surface area (Å²) in [5, 5.41) is 11.9. The molecule has 2 aliphatic heterocycles. The second kappa shape index (κ2) is 5.79. The molecule has 27 heavy (non-hydrogen) atoms. The number of carbonyl (C=O) groups is 3. The van der Waals surface area contributed by atoms with Gasteiger partial charge in [-0.1, -0.05) is 6.07 Å². The fourth-order valence-corrected chi connectivity index (χ4v) is 4.18. The van der Waals surface area contributed by atoms with Gasteiger partial charge in [-0.25, -0.2) is 0 Å². The van der Waals surface area contributed by atoms with E-state index < -0.39 is 52.4 Å². The highest BCUT2D eigenvalue weighted by Crippen LogP contribution is 2.56. The van der Waals surface area contributed by atoms with Crippen LogP contribution in [-0.2, 0) is 25.3 Å². The van der Waals surface area contributed by atoms with Gasteiger partial charge in [0.15, 0.2) is 5.78 Å². The van der Waals surface area contributed by atoms with Gasteiger partial charge in [-0.05, 0) is 38.5 Å². The Kier molecular flexibility index (Phi) is 4.15. The summed E-state index contributed by atoms with van der Waals surface area (Å²) in [7, 11) is 0. The summed E-state index contributed by atoms with van der Waals surface area (Å²) in [5.41, 5.74) is -3.96. The van der Waals surface area contributed by atoms with Gasteiger partial charge >= 0.3 is 12.1 Å². The number of carboxylic acid groups (broad SMARTS) is 1. The molecule has 2 saturated heterocycles. The lowest BCUT2D eigenvalue weighted by molar-refractivity contribution is -0.154. The normalized spacial score (nSPS) is 32.6. The summed E-state index contributed by atoms with van der Waals surface area (Å²) >= 11 is 0. The van der Waals surface area contributed by atoms with Crippen LogP contribution in [0.3, 0.4) is 0 Å². The smallest absolute Gasteiger partial charge is 0.416 e. The van der Waals surface area contributed by atoms with Gasteiger partial charge in [0.1, 0.15) is 11.5 Å². The summed E-state index contributed by atoms with van der Waals surface area (Å²) in [6, 6.07) is 3.32. The first-order valence-electron chi connectivity index (χ1n) is 8.24. The van der Waals surface area contributed by atoms with Crippen LogP contribution in [0.25, 0.3) is 0 Å². The third kappa shape index (κ3) is 2.90. The minimum absolute atomic E-state index is 0.00256. The number of hydrogen-bond acceptors (Lipinski definition) is 4. The van der Waals surface area contributed by atoms with E-state index >= 15 is 0 Å². The fourth-order valence-electron chi connectivity index (χ4n) is 4.18. The lowest BCUT2D eigenvalue weighted by atomic mass is 9.66. The molecule has 2 aliphatic rings. The molecule has 0 saturated carbocycles. The van der Waals surface area contributed by atoms with Crippen molar-refractivity contribution in [3.63, 3.8) is 0 Å². The highest BCUT2D eigenvalue weighted by atomic mass is 19.4. The van der Waals surface area contributed by atoms with E-state index in [2.05, 4.69) is 5.32 Å². The Morgan fingerprint density at radius 1 is 1.26 bits per heavy atom. The first-order valence-corrected chi connectivity index (χ1v) is 8.24. The van der Waals surface area contributed by atoms with Crippen molar-refractivity contribution in [2.45, 2.75) is 44.6 Å². The van der Waals surface area contributed by atoms with Crippen LogP contribution in [-0.4, -0.2) is 34.0 Å². The molecule has 2 heterocycles. The monoisotopic (exact) mass is 385 g/mol. The zero-order valence-electron chi connectivity index (χ0n) is 14.8. The minimum Gasteiger partial charge on any atom is -0.481 e. The van der Waals surface area contributed by atoms with Gasteiger partial charge in [0.25, 0.3) is 0 Å². The van der Waals surface area contributed by atoms with Gasteiger partial charge in [0, 0.05) is 12.1 Å². The summed E-state index contributed by atoms with van der Waals surface area (Å²) in [5.74, 6) is -5.20. The zero-order chi connectivity index (χ0) is 20.4. The molecule has 0 radical (unpaired) electrons. The molecule has 1 aromatic carbocycles. The number of nitrogens with one attached hydrogen (secondary N) is 1. The number of Topliss-reactive ketones (excluding diaryl/α,β-unsaturated/α-hetero) is 1. The first-order chi connectivity index (χ1) is 12.3. The molecule has 0 aromatic heterocycles. The maximum absolute atomic E-state index is 13.1. The van der Waals surface area contributed by atoms with Gasteiger partial charge in [-0.15, -0.1) is 0 Å². The average Bonchev–Trinajstić information content (AvgIpc) is 2.89. The minimum atomic E-state index is -4.59. The van der Waals surface area contributed by atoms with Crippen LogP contribution in [0.5, 0.6) is 0 Å². The van der Waals surface area contributed by atoms with E-state index in [9.17, 15) is 32.7 Å². The number of halogens is 3. The van der Waals surface area contributed by atoms with Crippen LogP contribution in [0.15, 0.2) is 18.2 Å². The molecule has 9 heteroatoms. The molecule has 2 unspecified atom stereocenters. The average molecular weight is 385 g/mol. The molecule has 2 fully saturated rings. The van der Waals surface area contributed by atoms with Crippen molar-refractivity contribution >= 4 is 23.3 Å². The van der Waals surface area contributed by atoms with E-state index in [0.717, 1.165) is 6.07 Å². The highest BCUT2D eigenvalue weighted by molar-refractivity contribution is 6.04. The SMILES string of the molecule is Cc1ccc(NC(=O)[C@H]2[C@@H](C(=O)O)C3(C)OC2(C)CC3=O)cc1C(F)(F)F. The number of hydrogen-bond donors (Lipinski definition) is 2. The van der Waals surface area contributed by atoms with Crippen molar-refractivity contribution in [2.75, 3.05) is 5.32 Å². The molecule has 1 aromatic rings. The van der Waals surface area contributed by atoms with E-state index in [4.69, 9.17) is 4.74 Å². The van der Waals surface area contributed by atoms with Crippen molar-refractivity contribution in [2.24, 2.45) is 11.8 Å². The lowest BCUT2D eigenvalue weighted by Gasteiger charge is -2.32. The van der Waals surface area contributed by atoms with Gasteiger partial charge < -0.3 is 15.2 Å². The maximum atomic E-state index is 13.1. The number of carbonyl (C=O) groups excluding carboxylic acids is 2. The number of alkyl halides is 3. The van der Waals surface area contributed by atoms with E-state index in [1.165, 1.54) is 32.9 Å². The van der Waals surface area contributed by atoms with Crippen molar-refractivity contribution < 1.29 is 37.4 Å². The molecule has 6 nitrogen and oxygen atoms in total. The summed E-state index contributed by atoms with van der Waals surface area (Å²) in [4.78, 5) is 36.6. The molecular formula is C18H18F3NO5. The maximum Gasteiger partial charge on any atom is 0.416 e. The van der Waals surface area contributed by atoms with E-state index in [1.54, 1.807) is 0 Å². The second-order valence-corrected chi connectivity index (χ2v) is 7.43. The van der Waals surface area contributed by atoms with Crippen LogP contribution in [0.1, 0.15) is 31.4 Å². The number of carboxylic acids is 1. The molecule has 146 valence electrons. The molecule has 4 atom stereocenters. The van der Waals surface area contributed by atoms with E-state index in [1.807, 2.05) is 0 Å². The van der Waals surface area contributed by atoms with Crippen LogP contribution in [0, 0.1) is 18.8 Å². The van der Waals surface area contributed by atoms with Crippen LogP contribution in [0.4, 0.5) is 18.9 Å². The standard InChI is InChI=1S/C18H18F3NO5/c1-8-4-5-9(6-10(8)18(19,20)21)22-14(24)12-13(15(25)26)17(3)11(23)7-16(12,2)27-17/h4-6,12-13H,7H2,1-3H3,(H,22,24)(H,25,26)/t12-,13+,16?,17?/m1/s1.